The predicted molar refractivity (Wildman–Crippen MR) is 61.0 cm³/mol. The molecule has 0 spiro atoms. The van der Waals surface area contributed by atoms with Crippen molar-refractivity contribution in [2.24, 2.45) is 0 Å². The number of nitrogens with zero attached hydrogens (tertiary/aromatic N) is 1. The van der Waals surface area contributed by atoms with Gasteiger partial charge in [0.15, 0.2) is 0 Å². The average molecular weight is 270 g/mol. The van der Waals surface area contributed by atoms with Crippen molar-refractivity contribution in [1.82, 2.24) is 4.31 Å². The van der Waals surface area contributed by atoms with Crippen LogP contribution in [0.4, 0.5) is 0 Å². The molecule has 1 N–H and O–H groups in total. The van der Waals surface area contributed by atoms with Crippen LogP contribution in [0, 0.1) is 6.92 Å². The van der Waals surface area contributed by atoms with Crippen molar-refractivity contribution >= 4 is 33.0 Å². The van der Waals surface area contributed by atoms with Gasteiger partial charge in [0.25, 0.3) is 10.0 Å². The predicted octanol–water partition coefficient (Wildman–Crippen LogP) is 1.32. The zero-order chi connectivity index (χ0) is 11.6. The van der Waals surface area contributed by atoms with Gasteiger partial charge in [0.1, 0.15) is 4.21 Å². The van der Waals surface area contributed by atoms with E-state index in [1.54, 1.807) is 6.92 Å². The number of hydrogen-bond acceptors (Lipinski definition) is 4. The van der Waals surface area contributed by atoms with Gasteiger partial charge in [0.2, 0.25) is 0 Å². The van der Waals surface area contributed by atoms with E-state index in [9.17, 15) is 8.42 Å². The van der Waals surface area contributed by atoms with Crippen molar-refractivity contribution in [3.8, 4) is 0 Å². The minimum atomic E-state index is -3.50. The highest BCUT2D eigenvalue weighted by Crippen LogP contribution is 2.31. The van der Waals surface area contributed by atoms with Crippen LogP contribution >= 0.6 is 22.9 Å². The lowest BCUT2D eigenvalue weighted by Gasteiger charge is -2.13. The average Bonchev–Trinajstić information content (AvgIpc) is 2.48. The highest BCUT2D eigenvalue weighted by Gasteiger charge is 2.23. The molecule has 0 saturated heterocycles. The van der Waals surface area contributed by atoms with E-state index >= 15 is 0 Å². The number of thiophene rings is 1. The molecular weight excluding hydrogens is 258 g/mol. The van der Waals surface area contributed by atoms with Crippen LogP contribution in [-0.4, -0.2) is 38.0 Å². The molecule has 0 radical (unpaired) electrons. The lowest BCUT2D eigenvalue weighted by molar-refractivity contribution is 0.266. The molecule has 1 rings (SSSR count). The summed E-state index contributed by atoms with van der Waals surface area (Å²) in [5.74, 6) is 0. The Morgan fingerprint density at radius 3 is 2.60 bits per heavy atom. The highest BCUT2D eigenvalue weighted by atomic mass is 35.5. The largest absolute Gasteiger partial charge is 0.395 e. The quantitative estimate of drug-likeness (QED) is 0.897. The van der Waals surface area contributed by atoms with Gasteiger partial charge < -0.3 is 5.11 Å². The molecule has 4 nitrogen and oxygen atoms in total. The van der Waals surface area contributed by atoms with E-state index in [0.29, 0.717) is 4.34 Å². The number of aryl methyl sites for hydroxylation is 1. The molecule has 0 aliphatic heterocycles. The van der Waals surface area contributed by atoms with E-state index < -0.39 is 10.0 Å². The summed E-state index contributed by atoms with van der Waals surface area (Å²) in [6, 6.07) is 1.54. The van der Waals surface area contributed by atoms with E-state index in [-0.39, 0.29) is 17.4 Å². The summed E-state index contributed by atoms with van der Waals surface area (Å²) < 4.78 is 25.5. The molecule has 86 valence electrons. The molecule has 0 aliphatic carbocycles. The molecule has 15 heavy (non-hydrogen) atoms. The maximum absolute atomic E-state index is 11.9. The highest BCUT2D eigenvalue weighted by molar-refractivity contribution is 7.91. The lowest BCUT2D eigenvalue weighted by Crippen LogP contribution is -2.29. The van der Waals surface area contributed by atoms with Crippen molar-refractivity contribution in [2.75, 3.05) is 20.2 Å². The number of halogens is 1. The Bertz CT molecular complexity index is 421. The molecule has 0 atom stereocenters. The maximum atomic E-state index is 11.9. The minimum Gasteiger partial charge on any atom is -0.395 e. The van der Waals surface area contributed by atoms with E-state index in [2.05, 4.69) is 0 Å². The summed E-state index contributed by atoms with van der Waals surface area (Å²) in [6.07, 6.45) is 0. The summed E-state index contributed by atoms with van der Waals surface area (Å²) in [5.41, 5.74) is 0.748. The van der Waals surface area contributed by atoms with Crippen molar-refractivity contribution < 1.29 is 13.5 Å². The number of likely N-dealkylation sites (N-methyl/N-ethyl adjacent to an activating group) is 1. The monoisotopic (exact) mass is 269 g/mol. The van der Waals surface area contributed by atoms with Crippen LogP contribution in [-0.2, 0) is 10.0 Å². The van der Waals surface area contributed by atoms with Gasteiger partial charge in [-0.2, -0.15) is 4.31 Å². The smallest absolute Gasteiger partial charge is 0.252 e. The number of sulfonamides is 1. The Labute approximate surface area is 98.1 Å². The van der Waals surface area contributed by atoms with Crippen LogP contribution in [0.3, 0.4) is 0 Å². The fourth-order valence-corrected chi connectivity index (χ4v) is 4.05. The van der Waals surface area contributed by atoms with Gasteiger partial charge in [0.05, 0.1) is 10.9 Å². The molecule has 1 aromatic heterocycles. The van der Waals surface area contributed by atoms with Gasteiger partial charge in [-0.3, -0.25) is 0 Å². The van der Waals surface area contributed by atoms with Crippen molar-refractivity contribution in [2.45, 2.75) is 11.1 Å². The number of rotatable bonds is 4. The minimum absolute atomic E-state index is 0.0803. The Morgan fingerprint density at radius 2 is 2.20 bits per heavy atom. The summed E-state index contributed by atoms with van der Waals surface area (Å²) in [5, 5.41) is 8.68. The Kier molecular flexibility index (Phi) is 4.13. The van der Waals surface area contributed by atoms with Gasteiger partial charge in [-0.05, 0) is 18.6 Å². The van der Waals surface area contributed by atoms with Gasteiger partial charge in [-0.15, -0.1) is 11.3 Å². The summed E-state index contributed by atoms with van der Waals surface area (Å²) in [6.45, 7) is 1.63. The third-order valence-corrected chi connectivity index (χ3v) is 5.78. The van der Waals surface area contributed by atoms with E-state index in [0.717, 1.165) is 21.2 Å². The van der Waals surface area contributed by atoms with Crippen LogP contribution in [0.5, 0.6) is 0 Å². The summed E-state index contributed by atoms with van der Waals surface area (Å²) in [4.78, 5) is 0. The van der Waals surface area contributed by atoms with Crippen LogP contribution in [0.2, 0.25) is 4.34 Å². The fraction of sp³-hybridized carbons (Fsp3) is 0.500. The van der Waals surface area contributed by atoms with Gasteiger partial charge in [-0.25, -0.2) is 8.42 Å². The van der Waals surface area contributed by atoms with E-state index in [4.69, 9.17) is 16.7 Å². The van der Waals surface area contributed by atoms with Crippen molar-refractivity contribution in [3.05, 3.63) is 16.0 Å². The molecule has 0 bridgehead atoms. The van der Waals surface area contributed by atoms with Gasteiger partial charge >= 0.3 is 0 Å². The summed E-state index contributed by atoms with van der Waals surface area (Å²) in [7, 11) is -2.07. The topological polar surface area (TPSA) is 57.6 Å². The van der Waals surface area contributed by atoms with E-state index in [1.807, 2.05) is 0 Å². The molecule has 1 heterocycles. The standard InChI is InChI=1S/C8H12ClNO3S2/c1-6-5-7(14-8(6)9)15(12,13)10(2)3-4-11/h5,11H,3-4H2,1-2H3. The second kappa shape index (κ2) is 4.80. The van der Waals surface area contributed by atoms with Crippen LogP contribution < -0.4 is 0 Å². The van der Waals surface area contributed by atoms with Crippen LogP contribution in [0.25, 0.3) is 0 Å². The zero-order valence-corrected chi connectivity index (χ0v) is 10.8. The molecule has 0 saturated carbocycles. The molecule has 0 unspecified atom stereocenters. The second-order valence-electron chi connectivity index (χ2n) is 3.07. The van der Waals surface area contributed by atoms with Crippen molar-refractivity contribution in [1.29, 1.82) is 0 Å². The molecule has 0 amide bonds. The molecule has 7 heteroatoms. The SMILES string of the molecule is Cc1cc(S(=O)(=O)N(C)CCO)sc1Cl. The number of aliphatic hydroxyl groups is 1. The first-order chi connectivity index (χ1) is 6.89. The van der Waals surface area contributed by atoms with Crippen LogP contribution in [0.15, 0.2) is 10.3 Å². The first kappa shape index (κ1) is 12.9. The lowest BCUT2D eigenvalue weighted by atomic mass is 10.4. The second-order valence-corrected chi connectivity index (χ2v) is 7.00. The zero-order valence-electron chi connectivity index (χ0n) is 8.40. The Hall–Kier alpha value is -0.140. The molecule has 1 aromatic rings. The Morgan fingerprint density at radius 1 is 1.60 bits per heavy atom. The number of hydrogen-bond donors (Lipinski definition) is 1. The Balaban J connectivity index is 3.06. The third kappa shape index (κ3) is 2.70. The van der Waals surface area contributed by atoms with Gasteiger partial charge in [-0.1, -0.05) is 11.6 Å². The first-order valence-electron chi connectivity index (χ1n) is 4.22. The molecule has 0 aromatic carbocycles. The fourth-order valence-electron chi connectivity index (χ4n) is 0.974. The third-order valence-electron chi connectivity index (χ3n) is 1.91. The number of aliphatic hydroxyl groups excluding tert-OH is 1. The van der Waals surface area contributed by atoms with Gasteiger partial charge in [0, 0.05) is 13.6 Å². The molecule has 0 fully saturated rings. The van der Waals surface area contributed by atoms with E-state index in [1.165, 1.54) is 13.1 Å². The van der Waals surface area contributed by atoms with Crippen LogP contribution in [0.1, 0.15) is 5.56 Å². The molecular formula is C8H12ClNO3S2. The first-order valence-corrected chi connectivity index (χ1v) is 6.86. The maximum Gasteiger partial charge on any atom is 0.252 e. The molecule has 0 aliphatic rings. The van der Waals surface area contributed by atoms with Crippen molar-refractivity contribution in [3.63, 3.8) is 0 Å². The summed E-state index contributed by atoms with van der Waals surface area (Å²) >= 11 is 6.83. The normalized spacial score (nSPS) is 12.3.